The molecule has 3 saturated carbocycles. The van der Waals surface area contributed by atoms with Crippen LogP contribution in [-0.2, 0) is 17.6 Å². The van der Waals surface area contributed by atoms with Crippen molar-refractivity contribution in [2.75, 3.05) is 0 Å². The maximum atomic E-state index is 16.2. The minimum Gasteiger partial charge on any atom is -0.481 e. The summed E-state index contributed by atoms with van der Waals surface area (Å²) in [5.41, 5.74) is -5.58. The number of nitrogens with zero attached hydrogens (tertiary/aromatic N) is 4. The third kappa shape index (κ3) is 3.85. The number of aromatic nitrogens is 4. The first kappa shape index (κ1) is 25.4. The van der Waals surface area contributed by atoms with Gasteiger partial charge in [0.05, 0.1) is 6.54 Å². The molecule has 198 valence electrons. The molecule has 2 atom stereocenters. The van der Waals surface area contributed by atoms with Gasteiger partial charge in [-0.3, -0.25) is 0 Å². The highest BCUT2D eigenvalue weighted by Gasteiger charge is 2.82. The number of benzene rings is 2. The van der Waals surface area contributed by atoms with Gasteiger partial charge in [0.25, 0.3) is 5.92 Å². The molecule has 2 bridgehead atoms. The summed E-state index contributed by atoms with van der Waals surface area (Å²) in [4.78, 5) is 0. The second-order valence-electron chi connectivity index (χ2n) is 9.98. The van der Waals surface area contributed by atoms with E-state index in [-0.39, 0.29) is 25.0 Å². The zero-order valence-corrected chi connectivity index (χ0v) is 19.3. The lowest BCUT2D eigenvalue weighted by atomic mass is 9.30. The highest BCUT2D eigenvalue weighted by Crippen LogP contribution is 2.80. The summed E-state index contributed by atoms with van der Waals surface area (Å²) in [7, 11) is 0. The Morgan fingerprint density at radius 3 is 2.22 bits per heavy atom. The molecular formula is C24H21F7N4O2. The first-order valence-electron chi connectivity index (χ1n) is 11.3. The molecule has 2 aromatic carbocycles. The fraction of sp³-hybridized carbons (Fsp3) is 0.458. The first-order chi connectivity index (χ1) is 17.2. The number of halogens is 7. The summed E-state index contributed by atoms with van der Waals surface area (Å²) in [5.74, 6) is -6.21. The molecule has 3 fully saturated rings. The van der Waals surface area contributed by atoms with E-state index < -0.39 is 58.4 Å². The maximum absolute atomic E-state index is 16.2. The van der Waals surface area contributed by atoms with Crippen molar-refractivity contribution in [2.24, 2.45) is 5.41 Å². The van der Waals surface area contributed by atoms with E-state index in [4.69, 9.17) is 4.74 Å². The van der Waals surface area contributed by atoms with E-state index in [2.05, 4.69) is 15.5 Å². The quantitative estimate of drug-likeness (QED) is 0.419. The molecule has 1 N–H and O–H groups in total. The van der Waals surface area contributed by atoms with Crippen molar-refractivity contribution in [3.63, 3.8) is 0 Å². The molecule has 3 aliphatic carbocycles. The molecular weight excluding hydrogens is 509 g/mol. The fourth-order valence-corrected chi connectivity index (χ4v) is 5.69. The first-order valence-corrected chi connectivity index (χ1v) is 11.3. The molecule has 1 aromatic heterocycles. The zero-order chi connectivity index (χ0) is 26.9. The SMILES string of the molecule is C[C@@H](Oc1ccc(C23CC(C(F)(F)[C@](O)(Cn4cnnn4)c4ccc(F)cc4F)(C2)C3)cc1)C(F)(F)F. The molecule has 6 nitrogen and oxygen atoms in total. The van der Waals surface area contributed by atoms with E-state index in [1.807, 2.05) is 0 Å². The molecule has 3 aliphatic rings. The summed E-state index contributed by atoms with van der Waals surface area (Å²) < 4.78 is 105. The van der Waals surface area contributed by atoms with Crippen molar-refractivity contribution in [3.8, 4) is 5.75 Å². The van der Waals surface area contributed by atoms with Crippen LogP contribution >= 0.6 is 0 Å². The van der Waals surface area contributed by atoms with Crippen molar-refractivity contribution in [1.82, 2.24) is 20.2 Å². The molecule has 13 heteroatoms. The van der Waals surface area contributed by atoms with Crippen LogP contribution < -0.4 is 4.74 Å². The van der Waals surface area contributed by atoms with Crippen LogP contribution in [0.25, 0.3) is 0 Å². The van der Waals surface area contributed by atoms with Gasteiger partial charge in [-0.2, -0.15) is 13.2 Å². The van der Waals surface area contributed by atoms with Crippen LogP contribution in [0.1, 0.15) is 37.3 Å². The van der Waals surface area contributed by atoms with Gasteiger partial charge in [-0.15, -0.1) is 5.10 Å². The van der Waals surface area contributed by atoms with Crippen LogP contribution in [0.3, 0.4) is 0 Å². The Morgan fingerprint density at radius 2 is 1.68 bits per heavy atom. The van der Waals surface area contributed by atoms with Gasteiger partial charge in [0.2, 0.25) is 0 Å². The second kappa shape index (κ2) is 8.14. The Hall–Kier alpha value is -3.22. The summed E-state index contributed by atoms with van der Waals surface area (Å²) in [6.45, 7) is -0.00486. The van der Waals surface area contributed by atoms with Crippen molar-refractivity contribution < 1.29 is 40.6 Å². The molecule has 0 unspecified atom stereocenters. The summed E-state index contributed by atoms with van der Waals surface area (Å²) in [5, 5.41) is 21.6. The molecule has 0 aliphatic heterocycles. The smallest absolute Gasteiger partial charge is 0.425 e. The highest BCUT2D eigenvalue weighted by atomic mass is 19.4. The zero-order valence-electron chi connectivity index (χ0n) is 19.3. The van der Waals surface area contributed by atoms with Gasteiger partial charge in [0, 0.05) is 17.0 Å². The third-order valence-corrected chi connectivity index (χ3v) is 7.62. The van der Waals surface area contributed by atoms with Crippen LogP contribution in [0, 0.1) is 17.0 Å². The normalized spacial score (nSPS) is 25.5. The third-order valence-electron chi connectivity index (χ3n) is 7.62. The van der Waals surface area contributed by atoms with Gasteiger partial charge in [-0.25, -0.2) is 22.2 Å². The van der Waals surface area contributed by atoms with Gasteiger partial charge >= 0.3 is 6.18 Å². The van der Waals surface area contributed by atoms with E-state index in [1.165, 1.54) is 24.3 Å². The van der Waals surface area contributed by atoms with E-state index in [0.717, 1.165) is 30.1 Å². The maximum Gasteiger partial charge on any atom is 0.425 e. The molecule has 0 radical (unpaired) electrons. The van der Waals surface area contributed by atoms with Crippen molar-refractivity contribution in [1.29, 1.82) is 0 Å². The lowest BCUT2D eigenvalue weighted by Crippen LogP contribution is -2.76. The summed E-state index contributed by atoms with van der Waals surface area (Å²) >= 11 is 0. The Labute approximate surface area is 206 Å². The van der Waals surface area contributed by atoms with Crippen LogP contribution in [0.15, 0.2) is 48.8 Å². The predicted octanol–water partition coefficient (Wildman–Crippen LogP) is 4.93. The summed E-state index contributed by atoms with van der Waals surface area (Å²) in [6.07, 6.45) is -5.70. The molecule has 1 heterocycles. The Kier molecular flexibility index (Phi) is 5.59. The van der Waals surface area contributed by atoms with Crippen molar-refractivity contribution in [2.45, 2.75) is 61.9 Å². The summed E-state index contributed by atoms with van der Waals surface area (Å²) in [6, 6.07) is 7.76. The number of hydrogen-bond donors (Lipinski definition) is 1. The van der Waals surface area contributed by atoms with Crippen LogP contribution in [-0.4, -0.2) is 43.5 Å². The van der Waals surface area contributed by atoms with E-state index >= 15 is 8.78 Å². The van der Waals surface area contributed by atoms with Gasteiger partial charge in [-0.05, 0) is 71.9 Å². The molecule has 6 rings (SSSR count). The van der Waals surface area contributed by atoms with Gasteiger partial charge in [-0.1, -0.05) is 12.1 Å². The highest BCUT2D eigenvalue weighted by molar-refractivity contribution is 5.44. The lowest BCUT2D eigenvalue weighted by Gasteiger charge is -2.74. The lowest BCUT2D eigenvalue weighted by molar-refractivity contribution is -0.347. The number of tetrazole rings is 1. The van der Waals surface area contributed by atoms with Gasteiger partial charge in [0.15, 0.2) is 11.7 Å². The average Bonchev–Trinajstić information content (AvgIpc) is 3.24. The van der Waals surface area contributed by atoms with Crippen molar-refractivity contribution in [3.05, 3.63) is 71.6 Å². The van der Waals surface area contributed by atoms with Crippen LogP contribution in [0.4, 0.5) is 30.7 Å². The molecule has 37 heavy (non-hydrogen) atoms. The second-order valence-corrected chi connectivity index (χ2v) is 9.98. The fourth-order valence-electron chi connectivity index (χ4n) is 5.69. The number of ether oxygens (including phenoxy) is 1. The molecule has 0 saturated heterocycles. The average molecular weight is 530 g/mol. The Balaban J connectivity index is 1.39. The number of alkyl halides is 5. The minimum absolute atomic E-state index is 0.0113. The largest absolute Gasteiger partial charge is 0.481 e. The number of rotatable bonds is 8. The standard InChI is InChI=1S/C24H21F7N4O2/c1-14(23(27,28)29)37-17-5-2-15(3-6-17)20-9-21(10-20,11-20)24(30,31)22(36,12-35-13-32-33-34-35)18-7-4-16(25)8-19(18)26/h2-8,13-14,36H,9-12H2,1H3/t14-,20?,21?,22+/m1/s1. The Bertz CT molecular complexity index is 1280. The van der Waals surface area contributed by atoms with Crippen LogP contribution in [0.2, 0.25) is 0 Å². The van der Waals surface area contributed by atoms with Gasteiger partial charge < -0.3 is 9.84 Å². The Morgan fingerprint density at radius 1 is 1.03 bits per heavy atom. The molecule has 0 amide bonds. The number of aliphatic hydroxyl groups is 1. The van der Waals surface area contributed by atoms with Crippen LogP contribution in [0.5, 0.6) is 5.75 Å². The van der Waals surface area contributed by atoms with E-state index in [0.29, 0.717) is 11.6 Å². The van der Waals surface area contributed by atoms with Gasteiger partial charge in [0.1, 0.15) is 23.7 Å². The molecule has 3 aromatic rings. The van der Waals surface area contributed by atoms with E-state index in [1.54, 1.807) is 0 Å². The predicted molar refractivity (Wildman–Crippen MR) is 114 cm³/mol. The monoisotopic (exact) mass is 530 g/mol. The number of hydrogen-bond acceptors (Lipinski definition) is 5. The topological polar surface area (TPSA) is 73.1 Å². The molecule has 0 spiro atoms. The van der Waals surface area contributed by atoms with E-state index in [9.17, 15) is 27.1 Å². The van der Waals surface area contributed by atoms with Crippen molar-refractivity contribution >= 4 is 0 Å². The minimum atomic E-state index is -4.53.